The van der Waals surface area contributed by atoms with Crippen molar-refractivity contribution in [3.8, 4) is 0 Å². The highest BCUT2D eigenvalue weighted by molar-refractivity contribution is 4.69. The Morgan fingerprint density at radius 2 is 1.21 bits per heavy atom. The minimum absolute atomic E-state index is 0.976. The van der Waals surface area contributed by atoms with Gasteiger partial charge < -0.3 is 4.90 Å². The van der Waals surface area contributed by atoms with Gasteiger partial charge in [-0.05, 0) is 44.8 Å². The highest BCUT2D eigenvalue weighted by Crippen LogP contribution is 2.17. The molecule has 0 aromatic rings. The van der Waals surface area contributed by atoms with E-state index in [4.69, 9.17) is 0 Å². The second-order valence-corrected chi connectivity index (χ2v) is 6.71. The Balaban J connectivity index is 1.76. The first kappa shape index (κ1) is 17.0. The molecule has 0 N–H and O–H groups in total. The van der Waals surface area contributed by atoms with E-state index in [9.17, 15) is 0 Å². The topological polar surface area (TPSA) is 3.24 Å². The van der Waals surface area contributed by atoms with Gasteiger partial charge in [-0.1, -0.05) is 71.6 Å². The van der Waals surface area contributed by atoms with E-state index in [1.165, 1.54) is 96.7 Å². The van der Waals surface area contributed by atoms with Crippen LogP contribution in [0, 0.1) is 5.92 Å². The summed E-state index contributed by atoms with van der Waals surface area (Å²) >= 11 is 0. The Morgan fingerprint density at radius 3 is 1.74 bits per heavy atom. The van der Waals surface area contributed by atoms with Crippen LogP contribution in [0.3, 0.4) is 0 Å². The summed E-state index contributed by atoms with van der Waals surface area (Å²) in [5.41, 5.74) is 0. The third kappa shape index (κ3) is 9.49. The van der Waals surface area contributed by atoms with E-state index in [2.05, 4.69) is 18.7 Å². The lowest BCUT2D eigenvalue weighted by atomic mass is 9.99. The third-order valence-electron chi connectivity index (χ3n) is 4.70. The van der Waals surface area contributed by atoms with Crippen LogP contribution in [0.15, 0.2) is 0 Å². The zero-order chi connectivity index (χ0) is 13.8. The van der Waals surface area contributed by atoms with Crippen molar-refractivity contribution in [3.63, 3.8) is 0 Å². The molecule has 0 aromatic carbocycles. The van der Waals surface area contributed by atoms with E-state index in [0.29, 0.717) is 0 Å². The molecule has 0 saturated carbocycles. The van der Waals surface area contributed by atoms with Gasteiger partial charge in [-0.2, -0.15) is 0 Å². The van der Waals surface area contributed by atoms with Gasteiger partial charge >= 0.3 is 0 Å². The van der Waals surface area contributed by atoms with Crippen LogP contribution in [-0.4, -0.2) is 24.5 Å². The Hall–Kier alpha value is -0.0400. The zero-order valence-electron chi connectivity index (χ0n) is 13.6. The van der Waals surface area contributed by atoms with Crippen LogP contribution in [-0.2, 0) is 0 Å². The first-order valence-corrected chi connectivity index (χ1v) is 9.05. The molecule has 114 valence electrons. The Bertz CT molecular complexity index is 182. The molecule has 0 aliphatic carbocycles. The fraction of sp³-hybridized carbons (Fsp3) is 1.00. The molecule has 0 atom stereocenters. The second kappa shape index (κ2) is 11.8. The van der Waals surface area contributed by atoms with E-state index in [0.717, 1.165) is 5.92 Å². The van der Waals surface area contributed by atoms with Crippen molar-refractivity contribution in [2.75, 3.05) is 19.6 Å². The summed E-state index contributed by atoms with van der Waals surface area (Å²) in [6.45, 7) is 8.78. The molecule has 0 radical (unpaired) electrons. The molecular formula is C18H37N. The van der Waals surface area contributed by atoms with Crippen molar-refractivity contribution >= 4 is 0 Å². The number of nitrogens with zero attached hydrogens (tertiary/aromatic N) is 1. The zero-order valence-corrected chi connectivity index (χ0v) is 13.6. The number of hydrogen-bond donors (Lipinski definition) is 0. The van der Waals surface area contributed by atoms with E-state index >= 15 is 0 Å². The van der Waals surface area contributed by atoms with Crippen LogP contribution in [0.2, 0.25) is 0 Å². The Morgan fingerprint density at radius 1 is 0.737 bits per heavy atom. The van der Waals surface area contributed by atoms with Gasteiger partial charge in [-0.3, -0.25) is 0 Å². The minimum atomic E-state index is 0.976. The fourth-order valence-electron chi connectivity index (χ4n) is 3.11. The van der Waals surface area contributed by atoms with Crippen molar-refractivity contribution in [2.45, 2.75) is 90.9 Å². The quantitative estimate of drug-likeness (QED) is 0.438. The van der Waals surface area contributed by atoms with Gasteiger partial charge in [-0.15, -0.1) is 0 Å². The maximum Gasteiger partial charge on any atom is -0.00162 e. The first-order chi connectivity index (χ1) is 9.33. The van der Waals surface area contributed by atoms with Gasteiger partial charge in [0.15, 0.2) is 0 Å². The molecule has 1 rings (SSSR count). The molecule has 0 amide bonds. The summed E-state index contributed by atoms with van der Waals surface area (Å²) < 4.78 is 0. The molecule has 1 nitrogen and oxygen atoms in total. The number of likely N-dealkylation sites (tertiary alicyclic amines) is 1. The average molecular weight is 268 g/mol. The molecule has 0 spiro atoms. The molecule has 0 aromatic heterocycles. The first-order valence-electron chi connectivity index (χ1n) is 9.05. The van der Waals surface area contributed by atoms with E-state index in [-0.39, 0.29) is 0 Å². The van der Waals surface area contributed by atoms with Gasteiger partial charge in [0.25, 0.3) is 0 Å². The van der Waals surface area contributed by atoms with E-state index in [1.807, 2.05) is 0 Å². The largest absolute Gasteiger partial charge is 0.303 e. The predicted octanol–water partition coefficient (Wildman–Crippen LogP) is 5.64. The summed E-state index contributed by atoms with van der Waals surface area (Å²) in [4.78, 5) is 2.69. The Kier molecular flexibility index (Phi) is 10.5. The number of unbranched alkanes of at least 4 members (excludes halogenated alkanes) is 9. The smallest absolute Gasteiger partial charge is 0.00162 e. The lowest BCUT2D eigenvalue weighted by molar-refractivity contribution is 0.189. The van der Waals surface area contributed by atoms with Crippen LogP contribution >= 0.6 is 0 Å². The summed E-state index contributed by atoms with van der Waals surface area (Å²) in [6, 6.07) is 0. The fourth-order valence-corrected chi connectivity index (χ4v) is 3.11. The standard InChI is InChI=1S/C18H37N/c1-3-4-5-6-7-8-9-10-11-12-15-19-16-13-18(2)14-17-19/h18H,3-17H2,1-2H3. The number of piperidine rings is 1. The van der Waals surface area contributed by atoms with Gasteiger partial charge in [0, 0.05) is 0 Å². The maximum atomic E-state index is 2.69. The number of rotatable bonds is 11. The molecule has 19 heavy (non-hydrogen) atoms. The SMILES string of the molecule is CCCCCCCCCCCCN1CCC(C)CC1. The lowest BCUT2D eigenvalue weighted by Crippen LogP contribution is -2.33. The molecular weight excluding hydrogens is 230 g/mol. The van der Waals surface area contributed by atoms with Crippen LogP contribution in [0.25, 0.3) is 0 Å². The predicted molar refractivity (Wildman–Crippen MR) is 86.7 cm³/mol. The molecule has 1 heteroatoms. The third-order valence-corrected chi connectivity index (χ3v) is 4.70. The summed E-state index contributed by atoms with van der Waals surface area (Å²) in [5.74, 6) is 0.976. The van der Waals surface area contributed by atoms with E-state index < -0.39 is 0 Å². The summed E-state index contributed by atoms with van der Waals surface area (Å²) in [7, 11) is 0. The number of hydrogen-bond acceptors (Lipinski definition) is 1. The van der Waals surface area contributed by atoms with Gasteiger partial charge in [-0.25, -0.2) is 0 Å². The van der Waals surface area contributed by atoms with Crippen molar-refractivity contribution in [2.24, 2.45) is 5.92 Å². The monoisotopic (exact) mass is 267 g/mol. The van der Waals surface area contributed by atoms with Crippen LogP contribution in [0.4, 0.5) is 0 Å². The van der Waals surface area contributed by atoms with Crippen molar-refractivity contribution in [1.29, 1.82) is 0 Å². The van der Waals surface area contributed by atoms with Gasteiger partial charge in [0.05, 0.1) is 0 Å². The summed E-state index contributed by atoms with van der Waals surface area (Å²) in [6.07, 6.45) is 17.4. The van der Waals surface area contributed by atoms with Gasteiger partial charge in [0.1, 0.15) is 0 Å². The minimum Gasteiger partial charge on any atom is -0.303 e. The molecule has 1 aliphatic heterocycles. The second-order valence-electron chi connectivity index (χ2n) is 6.71. The average Bonchev–Trinajstić information content (AvgIpc) is 2.43. The van der Waals surface area contributed by atoms with Crippen LogP contribution < -0.4 is 0 Å². The highest BCUT2D eigenvalue weighted by Gasteiger charge is 2.14. The normalized spacial score (nSPS) is 18.0. The molecule has 1 heterocycles. The van der Waals surface area contributed by atoms with Crippen molar-refractivity contribution in [3.05, 3.63) is 0 Å². The van der Waals surface area contributed by atoms with Crippen LogP contribution in [0.1, 0.15) is 90.9 Å². The molecule has 0 unspecified atom stereocenters. The molecule has 0 bridgehead atoms. The van der Waals surface area contributed by atoms with Crippen LogP contribution in [0.5, 0.6) is 0 Å². The maximum absolute atomic E-state index is 2.69. The van der Waals surface area contributed by atoms with Crippen molar-refractivity contribution < 1.29 is 0 Å². The molecule has 1 saturated heterocycles. The lowest BCUT2D eigenvalue weighted by Gasteiger charge is -2.30. The van der Waals surface area contributed by atoms with E-state index in [1.54, 1.807) is 0 Å². The summed E-state index contributed by atoms with van der Waals surface area (Å²) in [5, 5.41) is 0. The molecule has 1 fully saturated rings. The highest BCUT2D eigenvalue weighted by atomic mass is 15.1. The van der Waals surface area contributed by atoms with Crippen molar-refractivity contribution in [1.82, 2.24) is 4.90 Å². The van der Waals surface area contributed by atoms with Gasteiger partial charge in [0.2, 0.25) is 0 Å². The Labute approximate surface area is 122 Å². The molecule has 1 aliphatic rings.